The number of aryl methyl sites for hydroxylation is 1. The van der Waals surface area contributed by atoms with E-state index in [1.165, 1.54) is 48.8 Å². The first kappa shape index (κ1) is 25.5. The highest BCUT2D eigenvalue weighted by molar-refractivity contribution is 5.92. The minimum absolute atomic E-state index is 0.349. The normalized spacial score (nSPS) is 15.8. The van der Waals surface area contributed by atoms with Crippen molar-refractivity contribution < 1.29 is 4.79 Å². The van der Waals surface area contributed by atoms with Gasteiger partial charge in [-0.25, -0.2) is 9.97 Å². The largest absolute Gasteiger partial charge is 0.365 e. The quantitative estimate of drug-likeness (QED) is 0.247. The number of hydrogen-bond acceptors (Lipinski definition) is 4. The number of amides is 1. The maximum atomic E-state index is 13.3. The lowest BCUT2D eigenvalue weighted by Crippen LogP contribution is -2.34. The molecule has 2 aliphatic rings. The lowest BCUT2D eigenvalue weighted by molar-refractivity contribution is -0.133. The standard InChI is InChI=1S/C34H38N4O/c1-24-7-5-10-26(17-24)21-35-34-31-20-29(13-16-32(31)36-23-37-34)28-12-6-11-27(18-28)22-38(30-14-15-30)33(39)19-25-8-3-2-4-9-25/h5-7,10-13,16-18,20,23,25,30H,2-4,8-9,14-15,19,21-22H2,1H3,(H,35,36,37). The van der Waals surface area contributed by atoms with Crippen LogP contribution in [0.5, 0.6) is 0 Å². The van der Waals surface area contributed by atoms with Crippen LogP contribution in [0.15, 0.2) is 73.1 Å². The molecule has 0 saturated heterocycles. The Hall–Kier alpha value is -3.73. The number of nitrogens with zero attached hydrogens (tertiary/aromatic N) is 3. The number of rotatable bonds is 9. The number of hydrogen-bond donors (Lipinski definition) is 1. The summed E-state index contributed by atoms with van der Waals surface area (Å²) in [6.07, 6.45) is 10.9. The summed E-state index contributed by atoms with van der Waals surface area (Å²) in [6.45, 7) is 3.52. The van der Waals surface area contributed by atoms with Gasteiger partial charge in [-0.15, -0.1) is 0 Å². The number of nitrogens with one attached hydrogen (secondary N) is 1. The molecule has 4 aromatic rings. The fourth-order valence-corrected chi connectivity index (χ4v) is 5.99. The molecule has 0 unspecified atom stereocenters. The van der Waals surface area contributed by atoms with Crippen LogP contribution in [0, 0.1) is 12.8 Å². The van der Waals surface area contributed by atoms with E-state index in [0.717, 1.165) is 47.1 Å². The van der Waals surface area contributed by atoms with Crippen molar-refractivity contribution in [2.75, 3.05) is 5.32 Å². The Balaban J connectivity index is 1.20. The molecule has 5 heteroatoms. The van der Waals surface area contributed by atoms with Crippen LogP contribution < -0.4 is 5.32 Å². The molecule has 2 fully saturated rings. The number of carbonyl (C=O) groups excluding carboxylic acids is 1. The van der Waals surface area contributed by atoms with Gasteiger partial charge in [-0.3, -0.25) is 4.79 Å². The number of carbonyl (C=O) groups is 1. The molecule has 1 heterocycles. The molecule has 5 nitrogen and oxygen atoms in total. The first-order valence-electron chi connectivity index (χ1n) is 14.6. The number of anilines is 1. The Morgan fingerprint density at radius 2 is 1.67 bits per heavy atom. The van der Waals surface area contributed by atoms with E-state index in [0.29, 0.717) is 31.0 Å². The molecule has 0 spiro atoms. The van der Waals surface area contributed by atoms with E-state index in [4.69, 9.17) is 0 Å². The summed E-state index contributed by atoms with van der Waals surface area (Å²) in [5.74, 6) is 1.77. The third-order valence-electron chi connectivity index (χ3n) is 8.29. The van der Waals surface area contributed by atoms with E-state index in [9.17, 15) is 4.79 Å². The minimum Gasteiger partial charge on any atom is -0.365 e. The van der Waals surface area contributed by atoms with Crippen molar-refractivity contribution in [1.29, 1.82) is 0 Å². The Labute approximate surface area is 231 Å². The van der Waals surface area contributed by atoms with Gasteiger partial charge in [0.1, 0.15) is 12.1 Å². The average Bonchev–Trinajstić information content (AvgIpc) is 3.81. The Morgan fingerprint density at radius 1 is 0.872 bits per heavy atom. The van der Waals surface area contributed by atoms with Gasteiger partial charge < -0.3 is 10.2 Å². The van der Waals surface area contributed by atoms with Crippen LogP contribution in [-0.2, 0) is 17.9 Å². The average molecular weight is 519 g/mol. The minimum atomic E-state index is 0.349. The Kier molecular flexibility index (Phi) is 7.57. The first-order chi connectivity index (χ1) is 19.1. The van der Waals surface area contributed by atoms with E-state index >= 15 is 0 Å². The van der Waals surface area contributed by atoms with E-state index in [2.05, 4.69) is 93.8 Å². The molecule has 2 aliphatic carbocycles. The Morgan fingerprint density at radius 3 is 2.49 bits per heavy atom. The molecule has 0 atom stereocenters. The summed E-state index contributed by atoms with van der Waals surface area (Å²) in [4.78, 5) is 24.6. The summed E-state index contributed by atoms with van der Waals surface area (Å²) < 4.78 is 0. The zero-order chi connectivity index (χ0) is 26.6. The predicted octanol–water partition coefficient (Wildman–Crippen LogP) is 7.68. The summed E-state index contributed by atoms with van der Waals surface area (Å²) in [5.41, 5.74) is 6.87. The van der Waals surface area contributed by atoms with Gasteiger partial charge in [0.2, 0.25) is 5.91 Å². The van der Waals surface area contributed by atoms with Gasteiger partial charge in [-0.05, 0) is 79.0 Å². The molecule has 3 aromatic carbocycles. The molecule has 1 N–H and O–H groups in total. The van der Waals surface area contributed by atoms with Gasteiger partial charge in [0.15, 0.2) is 0 Å². The zero-order valence-electron chi connectivity index (χ0n) is 22.9. The van der Waals surface area contributed by atoms with Gasteiger partial charge in [0.05, 0.1) is 5.52 Å². The summed E-state index contributed by atoms with van der Waals surface area (Å²) >= 11 is 0. The number of aromatic nitrogens is 2. The van der Waals surface area contributed by atoms with E-state index < -0.39 is 0 Å². The van der Waals surface area contributed by atoms with Crippen LogP contribution in [-0.4, -0.2) is 26.8 Å². The maximum absolute atomic E-state index is 13.3. The molecular weight excluding hydrogens is 480 g/mol. The molecule has 2 saturated carbocycles. The summed E-state index contributed by atoms with van der Waals surface area (Å²) in [5, 5.41) is 4.53. The van der Waals surface area contributed by atoms with E-state index in [-0.39, 0.29) is 0 Å². The smallest absolute Gasteiger partial charge is 0.223 e. The molecule has 6 rings (SSSR count). The predicted molar refractivity (Wildman–Crippen MR) is 158 cm³/mol. The van der Waals surface area contributed by atoms with Crippen molar-refractivity contribution in [2.45, 2.75) is 77.4 Å². The van der Waals surface area contributed by atoms with Crippen LogP contribution in [0.25, 0.3) is 22.0 Å². The van der Waals surface area contributed by atoms with Crippen LogP contribution >= 0.6 is 0 Å². The van der Waals surface area contributed by atoms with Gasteiger partial charge in [0.25, 0.3) is 0 Å². The molecule has 39 heavy (non-hydrogen) atoms. The maximum Gasteiger partial charge on any atom is 0.223 e. The van der Waals surface area contributed by atoms with E-state index in [1.807, 2.05) is 0 Å². The van der Waals surface area contributed by atoms with Crippen molar-refractivity contribution in [3.63, 3.8) is 0 Å². The topological polar surface area (TPSA) is 58.1 Å². The molecule has 0 bridgehead atoms. The fraction of sp³-hybridized carbons (Fsp3) is 0.382. The van der Waals surface area contributed by atoms with Crippen LogP contribution in [0.1, 0.15) is 68.1 Å². The monoisotopic (exact) mass is 518 g/mol. The van der Waals surface area contributed by atoms with Crippen molar-refractivity contribution in [2.24, 2.45) is 5.92 Å². The summed E-state index contributed by atoms with van der Waals surface area (Å²) in [7, 11) is 0. The lowest BCUT2D eigenvalue weighted by Gasteiger charge is -2.27. The van der Waals surface area contributed by atoms with Gasteiger partial charge >= 0.3 is 0 Å². The van der Waals surface area contributed by atoms with Gasteiger partial charge in [-0.1, -0.05) is 73.4 Å². The van der Waals surface area contributed by atoms with Gasteiger partial charge in [-0.2, -0.15) is 0 Å². The van der Waals surface area contributed by atoms with Crippen molar-refractivity contribution in [3.8, 4) is 11.1 Å². The van der Waals surface area contributed by atoms with E-state index in [1.54, 1.807) is 6.33 Å². The van der Waals surface area contributed by atoms with Gasteiger partial charge in [0, 0.05) is 30.9 Å². The first-order valence-corrected chi connectivity index (χ1v) is 14.6. The molecule has 1 amide bonds. The number of benzene rings is 3. The van der Waals surface area contributed by atoms with Crippen molar-refractivity contribution in [1.82, 2.24) is 14.9 Å². The SMILES string of the molecule is Cc1cccc(CNc2ncnc3ccc(-c4cccc(CN(C(=O)CC5CCCCC5)C5CC5)c4)cc23)c1. The zero-order valence-corrected chi connectivity index (χ0v) is 22.9. The molecule has 0 radical (unpaired) electrons. The van der Waals surface area contributed by atoms with Crippen LogP contribution in [0.4, 0.5) is 5.82 Å². The van der Waals surface area contributed by atoms with Crippen molar-refractivity contribution in [3.05, 3.63) is 89.7 Å². The molecular formula is C34H38N4O. The summed E-state index contributed by atoms with van der Waals surface area (Å²) in [6, 6.07) is 24.0. The van der Waals surface area contributed by atoms with Crippen LogP contribution in [0.2, 0.25) is 0 Å². The highest BCUT2D eigenvalue weighted by atomic mass is 16.2. The fourth-order valence-electron chi connectivity index (χ4n) is 5.99. The second-order valence-corrected chi connectivity index (χ2v) is 11.5. The third-order valence-corrected chi connectivity index (χ3v) is 8.29. The molecule has 1 aromatic heterocycles. The number of fused-ring (bicyclic) bond motifs is 1. The highest BCUT2D eigenvalue weighted by Crippen LogP contribution is 2.33. The second-order valence-electron chi connectivity index (χ2n) is 11.5. The van der Waals surface area contributed by atoms with Crippen LogP contribution in [0.3, 0.4) is 0 Å². The lowest BCUT2D eigenvalue weighted by atomic mass is 9.86. The molecule has 200 valence electrons. The Bertz CT molecular complexity index is 1450. The second kappa shape index (κ2) is 11.6. The molecule has 0 aliphatic heterocycles. The highest BCUT2D eigenvalue weighted by Gasteiger charge is 2.33. The van der Waals surface area contributed by atoms with Crippen molar-refractivity contribution >= 4 is 22.6 Å². The third kappa shape index (κ3) is 6.30.